The number of hydrogen-bond donors (Lipinski definition) is 2. The van der Waals surface area contributed by atoms with Crippen molar-refractivity contribution in [3.05, 3.63) is 32.3 Å². The van der Waals surface area contributed by atoms with E-state index >= 15 is 0 Å². The summed E-state index contributed by atoms with van der Waals surface area (Å²) in [4.78, 5) is 10.6. The molecule has 0 bridgehead atoms. The highest BCUT2D eigenvalue weighted by Crippen LogP contribution is 2.38. The summed E-state index contributed by atoms with van der Waals surface area (Å²) >= 11 is 3.18. The van der Waals surface area contributed by atoms with Gasteiger partial charge in [0, 0.05) is 16.1 Å². The Labute approximate surface area is 132 Å². The van der Waals surface area contributed by atoms with E-state index in [0.29, 0.717) is 10.0 Å². The van der Waals surface area contributed by atoms with Crippen LogP contribution in [0, 0.1) is 16.0 Å². The van der Waals surface area contributed by atoms with Gasteiger partial charge in [-0.2, -0.15) is 0 Å². The Bertz CT molecular complexity index is 528. The van der Waals surface area contributed by atoms with E-state index in [0.717, 1.165) is 0 Å². The zero-order chi connectivity index (χ0) is 16.4. The van der Waals surface area contributed by atoms with E-state index in [1.54, 1.807) is 13.0 Å². The van der Waals surface area contributed by atoms with Gasteiger partial charge in [0.15, 0.2) is 0 Å². The van der Waals surface area contributed by atoms with Crippen molar-refractivity contribution in [2.45, 2.75) is 39.4 Å². The second-order valence-electron chi connectivity index (χ2n) is 5.58. The number of nitro benzene ring substituents is 1. The van der Waals surface area contributed by atoms with E-state index in [-0.39, 0.29) is 24.0 Å². The summed E-state index contributed by atoms with van der Waals surface area (Å²) < 4.78 is 5.98. The SMILES string of the molecule is CC(C)C(C)(O)COc1c([C@@H](C)O)cc(Br)cc1[N+](=O)[O-]. The van der Waals surface area contributed by atoms with Crippen LogP contribution < -0.4 is 4.74 Å². The Morgan fingerprint density at radius 2 is 2.00 bits per heavy atom. The number of halogens is 1. The van der Waals surface area contributed by atoms with Crippen molar-refractivity contribution in [2.24, 2.45) is 5.92 Å². The normalized spacial score (nSPS) is 15.6. The molecule has 6 nitrogen and oxygen atoms in total. The highest BCUT2D eigenvalue weighted by Gasteiger charge is 2.29. The third kappa shape index (κ3) is 4.39. The molecule has 1 aromatic rings. The molecule has 0 amide bonds. The molecule has 0 aromatic heterocycles. The zero-order valence-electron chi connectivity index (χ0n) is 12.5. The Hall–Kier alpha value is -1.18. The first-order valence-electron chi connectivity index (χ1n) is 6.57. The van der Waals surface area contributed by atoms with E-state index in [1.807, 2.05) is 13.8 Å². The first-order valence-corrected chi connectivity index (χ1v) is 7.36. The molecule has 118 valence electrons. The molecule has 1 rings (SSSR count). The van der Waals surface area contributed by atoms with Crippen molar-refractivity contribution < 1.29 is 19.9 Å². The number of hydrogen-bond acceptors (Lipinski definition) is 5. The van der Waals surface area contributed by atoms with Crippen molar-refractivity contribution in [1.29, 1.82) is 0 Å². The third-order valence-electron chi connectivity index (χ3n) is 3.46. The average molecular weight is 362 g/mol. The van der Waals surface area contributed by atoms with E-state index < -0.39 is 16.6 Å². The van der Waals surface area contributed by atoms with Crippen LogP contribution in [0.15, 0.2) is 16.6 Å². The number of nitro groups is 1. The predicted molar refractivity (Wildman–Crippen MR) is 82.4 cm³/mol. The topological polar surface area (TPSA) is 92.8 Å². The van der Waals surface area contributed by atoms with Crippen LogP contribution in [0.5, 0.6) is 5.75 Å². The number of ether oxygens (including phenoxy) is 1. The van der Waals surface area contributed by atoms with Crippen LogP contribution in [0.1, 0.15) is 39.4 Å². The average Bonchev–Trinajstić information content (AvgIpc) is 2.35. The maximum atomic E-state index is 11.2. The molecule has 0 aliphatic rings. The minimum atomic E-state index is -1.13. The minimum Gasteiger partial charge on any atom is -0.483 e. The van der Waals surface area contributed by atoms with Gasteiger partial charge in [-0.15, -0.1) is 0 Å². The highest BCUT2D eigenvalue weighted by molar-refractivity contribution is 9.10. The second-order valence-corrected chi connectivity index (χ2v) is 6.49. The maximum Gasteiger partial charge on any atom is 0.312 e. The molecule has 1 unspecified atom stereocenters. The molecular formula is C14H20BrNO5. The number of benzene rings is 1. The summed E-state index contributed by atoms with van der Waals surface area (Å²) in [7, 11) is 0. The molecule has 2 N–H and O–H groups in total. The second kappa shape index (κ2) is 6.72. The lowest BCUT2D eigenvalue weighted by atomic mass is 9.93. The van der Waals surface area contributed by atoms with Gasteiger partial charge in [-0.25, -0.2) is 0 Å². The summed E-state index contributed by atoms with van der Waals surface area (Å²) in [6.45, 7) is 6.65. The quantitative estimate of drug-likeness (QED) is 0.599. The van der Waals surface area contributed by atoms with Gasteiger partial charge in [-0.05, 0) is 25.8 Å². The Balaban J connectivity index is 3.23. The largest absolute Gasteiger partial charge is 0.483 e. The van der Waals surface area contributed by atoms with Crippen LogP contribution in [-0.4, -0.2) is 27.3 Å². The lowest BCUT2D eigenvalue weighted by Gasteiger charge is -2.28. The molecule has 0 spiro atoms. The summed E-state index contributed by atoms with van der Waals surface area (Å²) in [5.74, 6) is -0.0962. The standard InChI is InChI=1S/C14H20BrNO5/c1-8(2)14(4,18)7-21-13-11(9(3)17)5-10(15)6-12(13)16(19)20/h5-6,8-9,17-18H,7H2,1-4H3/t9-,14?/m1/s1. The van der Waals surface area contributed by atoms with Crippen molar-refractivity contribution in [3.63, 3.8) is 0 Å². The van der Waals surface area contributed by atoms with Crippen molar-refractivity contribution in [2.75, 3.05) is 6.61 Å². The fourth-order valence-corrected chi connectivity index (χ4v) is 2.05. The van der Waals surface area contributed by atoms with E-state index in [9.17, 15) is 20.3 Å². The van der Waals surface area contributed by atoms with Crippen LogP contribution in [0.2, 0.25) is 0 Å². The van der Waals surface area contributed by atoms with Crippen molar-refractivity contribution in [1.82, 2.24) is 0 Å². The fraction of sp³-hybridized carbons (Fsp3) is 0.571. The van der Waals surface area contributed by atoms with Gasteiger partial charge in [-0.1, -0.05) is 29.8 Å². The summed E-state index contributed by atoms with van der Waals surface area (Å²) in [6, 6.07) is 2.88. The maximum absolute atomic E-state index is 11.2. The van der Waals surface area contributed by atoms with Gasteiger partial charge >= 0.3 is 5.69 Å². The summed E-state index contributed by atoms with van der Waals surface area (Å²) in [5.41, 5.74) is -1.08. The van der Waals surface area contributed by atoms with Gasteiger partial charge in [0.2, 0.25) is 5.75 Å². The van der Waals surface area contributed by atoms with Crippen LogP contribution in [0.4, 0.5) is 5.69 Å². The molecule has 21 heavy (non-hydrogen) atoms. The molecule has 0 radical (unpaired) electrons. The van der Waals surface area contributed by atoms with Gasteiger partial charge < -0.3 is 14.9 Å². The number of aliphatic hydroxyl groups is 2. The molecule has 0 aliphatic heterocycles. The van der Waals surface area contributed by atoms with E-state index in [4.69, 9.17) is 4.74 Å². The highest BCUT2D eigenvalue weighted by atomic mass is 79.9. The molecule has 0 saturated heterocycles. The zero-order valence-corrected chi connectivity index (χ0v) is 14.0. The van der Waals surface area contributed by atoms with Crippen LogP contribution >= 0.6 is 15.9 Å². The van der Waals surface area contributed by atoms with Gasteiger partial charge in [0.25, 0.3) is 0 Å². The third-order valence-corrected chi connectivity index (χ3v) is 3.92. The smallest absolute Gasteiger partial charge is 0.312 e. The first-order chi connectivity index (χ1) is 9.56. The Morgan fingerprint density at radius 3 is 2.43 bits per heavy atom. The van der Waals surface area contributed by atoms with Crippen LogP contribution in [0.25, 0.3) is 0 Å². The van der Waals surface area contributed by atoms with Crippen LogP contribution in [-0.2, 0) is 0 Å². The predicted octanol–water partition coefficient (Wildman–Crippen LogP) is 3.20. The molecule has 0 heterocycles. The lowest BCUT2D eigenvalue weighted by Crippen LogP contribution is -2.38. The van der Waals surface area contributed by atoms with Gasteiger partial charge in [-0.3, -0.25) is 10.1 Å². The number of aliphatic hydroxyl groups excluding tert-OH is 1. The van der Waals surface area contributed by atoms with Crippen molar-refractivity contribution >= 4 is 21.6 Å². The summed E-state index contributed by atoms with van der Waals surface area (Å²) in [5, 5.41) is 31.2. The molecule has 2 atom stereocenters. The molecule has 0 aliphatic carbocycles. The van der Waals surface area contributed by atoms with Crippen molar-refractivity contribution in [3.8, 4) is 5.75 Å². The molecule has 0 saturated carbocycles. The van der Waals surface area contributed by atoms with Gasteiger partial charge in [0.1, 0.15) is 6.61 Å². The molecule has 7 heteroatoms. The Kier molecular flexibility index (Phi) is 5.72. The first kappa shape index (κ1) is 17.9. The monoisotopic (exact) mass is 361 g/mol. The Morgan fingerprint density at radius 1 is 1.43 bits per heavy atom. The number of nitrogens with zero attached hydrogens (tertiary/aromatic N) is 1. The van der Waals surface area contributed by atoms with Crippen LogP contribution in [0.3, 0.4) is 0 Å². The van der Waals surface area contributed by atoms with Gasteiger partial charge in [0.05, 0.1) is 16.6 Å². The fourth-order valence-electron chi connectivity index (χ4n) is 1.59. The van der Waals surface area contributed by atoms with E-state index in [1.165, 1.54) is 13.0 Å². The molecular weight excluding hydrogens is 342 g/mol. The lowest BCUT2D eigenvalue weighted by molar-refractivity contribution is -0.386. The van der Waals surface area contributed by atoms with E-state index in [2.05, 4.69) is 15.9 Å². The molecule has 1 aromatic carbocycles. The minimum absolute atomic E-state index is 0.0147. The molecule has 0 fully saturated rings. The number of rotatable bonds is 6. The summed E-state index contributed by atoms with van der Waals surface area (Å²) in [6.07, 6.45) is -0.930.